The van der Waals surface area contributed by atoms with Gasteiger partial charge in [0, 0.05) is 38.3 Å². The molecule has 9 heteroatoms. The zero-order valence-electron chi connectivity index (χ0n) is 17.5. The molecule has 1 aliphatic rings. The predicted octanol–water partition coefficient (Wildman–Crippen LogP) is 5.19. The van der Waals surface area contributed by atoms with Crippen LogP contribution in [-0.2, 0) is 6.18 Å². The molecule has 0 amide bonds. The van der Waals surface area contributed by atoms with Gasteiger partial charge in [0.2, 0.25) is 0 Å². The van der Waals surface area contributed by atoms with Crippen molar-refractivity contribution < 1.29 is 17.9 Å². The van der Waals surface area contributed by atoms with Crippen molar-refractivity contribution in [1.82, 2.24) is 9.80 Å². The molecule has 1 heterocycles. The van der Waals surface area contributed by atoms with Crippen molar-refractivity contribution in [3.8, 4) is 5.75 Å². The fourth-order valence-electron chi connectivity index (χ4n) is 3.52. The van der Waals surface area contributed by atoms with Gasteiger partial charge in [-0.25, -0.2) is 0 Å². The molecule has 2 aromatic carbocycles. The summed E-state index contributed by atoms with van der Waals surface area (Å²) >= 11 is 0. The molecule has 0 saturated carbocycles. The van der Waals surface area contributed by atoms with E-state index in [2.05, 4.69) is 4.90 Å². The lowest BCUT2D eigenvalue weighted by atomic mass is 10.1. The number of hydrogen-bond acceptors (Lipinski definition) is 3. The summed E-state index contributed by atoms with van der Waals surface area (Å²) in [4.78, 5) is 4.09. The predicted molar refractivity (Wildman–Crippen MR) is 122 cm³/mol. The van der Waals surface area contributed by atoms with E-state index in [0.29, 0.717) is 25.3 Å². The van der Waals surface area contributed by atoms with Crippen molar-refractivity contribution in [3.05, 3.63) is 64.7 Å². The van der Waals surface area contributed by atoms with Crippen LogP contribution in [0.15, 0.2) is 42.5 Å². The molecule has 31 heavy (non-hydrogen) atoms. The number of ether oxygens (including phenoxy) is 1. The average molecular weight is 478 g/mol. The van der Waals surface area contributed by atoms with Crippen LogP contribution in [0, 0.1) is 19.3 Å². The zero-order chi connectivity index (χ0) is 21.0. The van der Waals surface area contributed by atoms with E-state index < -0.39 is 11.7 Å². The summed E-state index contributed by atoms with van der Waals surface area (Å²) in [6.07, 6.45) is -4.40. The number of benzene rings is 2. The smallest absolute Gasteiger partial charge is 0.416 e. The molecule has 2 aromatic rings. The molecule has 0 unspecified atom stereocenters. The Morgan fingerprint density at radius 2 is 1.55 bits per heavy atom. The largest absolute Gasteiger partial charge is 0.492 e. The van der Waals surface area contributed by atoms with Crippen LogP contribution in [0.5, 0.6) is 5.75 Å². The minimum absolute atomic E-state index is 0. The quantitative estimate of drug-likeness (QED) is 0.475. The summed E-state index contributed by atoms with van der Waals surface area (Å²) in [6, 6.07) is 11.1. The maximum Gasteiger partial charge on any atom is 0.416 e. The third kappa shape index (κ3) is 7.02. The second-order valence-electron chi connectivity index (χ2n) is 7.33. The summed E-state index contributed by atoms with van der Waals surface area (Å²) in [5.74, 6) is 1.07. The number of nitrogens with one attached hydrogen (secondary N) is 1. The highest BCUT2D eigenvalue weighted by Crippen LogP contribution is 2.30. The number of aryl methyl sites for hydroxylation is 2. The molecule has 1 aliphatic heterocycles. The Balaban J connectivity index is 0.00000240. The number of halogens is 5. The molecule has 3 rings (SSSR count). The molecule has 0 spiro atoms. The third-order valence-electron chi connectivity index (χ3n) is 5.21. The topological polar surface area (TPSA) is 39.6 Å². The second kappa shape index (κ2) is 11.6. The molecule has 172 valence electrons. The van der Waals surface area contributed by atoms with Gasteiger partial charge in [0.05, 0.1) is 5.56 Å². The van der Waals surface area contributed by atoms with Crippen molar-refractivity contribution >= 4 is 30.6 Å². The lowest BCUT2D eigenvalue weighted by Crippen LogP contribution is -2.49. The van der Waals surface area contributed by atoms with Crippen LogP contribution in [0.1, 0.15) is 22.3 Å². The maximum absolute atomic E-state index is 12.9. The van der Waals surface area contributed by atoms with Crippen molar-refractivity contribution in [2.24, 2.45) is 0 Å². The van der Waals surface area contributed by atoms with E-state index in [1.165, 1.54) is 6.07 Å². The van der Waals surface area contributed by atoms with Gasteiger partial charge in [-0.3, -0.25) is 10.3 Å². The number of hydrogen-bond donors (Lipinski definition) is 1. The average Bonchev–Trinajstić information content (AvgIpc) is 2.70. The van der Waals surface area contributed by atoms with E-state index in [1.807, 2.05) is 36.9 Å². The van der Waals surface area contributed by atoms with E-state index in [1.54, 1.807) is 6.07 Å². The molecule has 1 N–H and O–H groups in total. The second-order valence-corrected chi connectivity index (χ2v) is 7.33. The van der Waals surface area contributed by atoms with Gasteiger partial charge < -0.3 is 9.64 Å². The molecule has 4 nitrogen and oxygen atoms in total. The highest BCUT2D eigenvalue weighted by Gasteiger charge is 2.31. The van der Waals surface area contributed by atoms with Crippen LogP contribution >= 0.6 is 24.8 Å². The Labute approximate surface area is 193 Å². The van der Waals surface area contributed by atoms with Crippen LogP contribution < -0.4 is 4.74 Å². The lowest BCUT2D eigenvalue weighted by molar-refractivity contribution is -0.137. The van der Waals surface area contributed by atoms with E-state index in [0.717, 1.165) is 48.6 Å². The van der Waals surface area contributed by atoms with Crippen LogP contribution in [0.25, 0.3) is 0 Å². The van der Waals surface area contributed by atoms with Crippen molar-refractivity contribution in [2.75, 3.05) is 39.3 Å². The molecule has 1 saturated heterocycles. The van der Waals surface area contributed by atoms with Crippen LogP contribution in [-0.4, -0.2) is 55.0 Å². The van der Waals surface area contributed by atoms with Crippen LogP contribution in [0.2, 0.25) is 0 Å². The van der Waals surface area contributed by atoms with Gasteiger partial charge in [0.25, 0.3) is 0 Å². The van der Waals surface area contributed by atoms with E-state index in [-0.39, 0.29) is 30.6 Å². The Hall–Kier alpha value is -1.96. The number of para-hydroxylation sites is 1. The van der Waals surface area contributed by atoms with Crippen molar-refractivity contribution in [1.29, 1.82) is 5.41 Å². The summed E-state index contributed by atoms with van der Waals surface area (Å²) in [5, 5.41) is 8.30. The summed E-state index contributed by atoms with van der Waals surface area (Å²) < 4.78 is 44.7. The Bertz CT molecular complexity index is 849. The molecular weight excluding hydrogens is 450 g/mol. The van der Waals surface area contributed by atoms with Gasteiger partial charge >= 0.3 is 6.18 Å². The SMILES string of the molecule is Cc1cccc(C)c1OCCN1CCN(C(=N)c2cccc(C(F)(F)F)c2)CC1.Cl.Cl. The number of piperazine rings is 1. The number of nitrogens with zero attached hydrogens (tertiary/aromatic N) is 2. The van der Waals surface area contributed by atoms with Crippen LogP contribution in [0.3, 0.4) is 0 Å². The van der Waals surface area contributed by atoms with Gasteiger partial charge in [-0.1, -0.05) is 30.3 Å². The standard InChI is InChI=1S/C22H26F3N3O.2ClH/c1-16-5-3-6-17(2)20(16)29-14-13-27-9-11-28(12-10-27)21(26)18-7-4-8-19(15-18)22(23,24)25;;/h3-8,15,26H,9-14H2,1-2H3;2*1H. The van der Waals surface area contributed by atoms with Crippen molar-refractivity contribution in [3.63, 3.8) is 0 Å². The van der Waals surface area contributed by atoms with E-state index in [4.69, 9.17) is 10.1 Å². The normalized spacial score (nSPS) is 14.4. The van der Waals surface area contributed by atoms with Gasteiger partial charge in [0.15, 0.2) is 0 Å². The third-order valence-corrected chi connectivity index (χ3v) is 5.21. The van der Waals surface area contributed by atoms with Crippen LogP contribution in [0.4, 0.5) is 13.2 Å². The van der Waals surface area contributed by atoms with Crippen molar-refractivity contribution in [2.45, 2.75) is 20.0 Å². The number of alkyl halides is 3. The monoisotopic (exact) mass is 477 g/mol. The van der Waals surface area contributed by atoms with Gasteiger partial charge in [0.1, 0.15) is 18.2 Å². The number of amidine groups is 1. The lowest BCUT2D eigenvalue weighted by Gasteiger charge is -2.36. The van der Waals surface area contributed by atoms with Gasteiger partial charge in [-0.15, -0.1) is 24.8 Å². The van der Waals surface area contributed by atoms with Gasteiger partial charge in [-0.2, -0.15) is 13.2 Å². The molecule has 0 bridgehead atoms. The molecule has 1 fully saturated rings. The fourth-order valence-corrected chi connectivity index (χ4v) is 3.52. The van der Waals surface area contributed by atoms with Gasteiger partial charge in [-0.05, 0) is 37.1 Å². The minimum Gasteiger partial charge on any atom is -0.492 e. The first-order valence-electron chi connectivity index (χ1n) is 9.68. The Morgan fingerprint density at radius 1 is 0.968 bits per heavy atom. The molecule has 0 aliphatic carbocycles. The first-order valence-corrected chi connectivity index (χ1v) is 9.68. The highest BCUT2D eigenvalue weighted by molar-refractivity contribution is 5.96. The molecular formula is C22H28Cl2F3N3O. The first-order chi connectivity index (χ1) is 13.8. The highest BCUT2D eigenvalue weighted by atomic mass is 35.5. The summed E-state index contributed by atoms with van der Waals surface area (Å²) in [7, 11) is 0. The fraction of sp³-hybridized carbons (Fsp3) is 0.409. The summed E-state index contributed by atoms with van der Waals surface area (Å²) in [6.45, 7) is 8.13. The van der Waals surface area contributed by atoms with E-state index in [9.17, 15) is 13.2 Å². The molecule has 0 atom stereocenters. The molecule has 0 radical (unpaired) electrons. The van der Waals surface area contributed by atoms with E-state index >= 15 is 0 Å². The maximum atomic E-state index is 12.9. The first kappa shape index (κ1) is 27.1. The Kier molecular flexibility index (Phi) is 10.1. The zero-order valence-corrected chi connectivity index (χ0v) is 19.2. The number of rotatable bonds is 5. The molecule has 0 aromatic heterocycles. The summed E-state index contributed by atoms with van der Waals surface area (Å²) in [5.41, 5.74) is 1.81. The minimum atomic E-state index is -4.40. The Morgan fingerprint density at radius 3 is 2.13 bits per heavy atom.